The maximum absolute atomic E-state index is 11.4. The van der Waals surface area contributed by atoms with Gasteiger partial charge in [-0.3, -0.25) is 9.69 Å². The Morgan fingerprint density at radius 3 is 2.88 bits per heavy atom. The van der Waals surface area contributed by atoms with E-state index in [1.54, 1.807) is 0 Å². The first-order valence-electron chi connectivity index (χ1n) is 6.16. The van der Waals surface area contributed by atoms with Gasteiger partial charge in [-0.1, -0.05) is 0 Å². The fraction of sp³-hybridized carbons (Fsp3) is 0.818. The van der Waals surface area contributed by atoms with Crippen LogP contribution in [0, 0.1) is 5.92 Å². The Morgan fingerprint density at radius 2 is 2.24 bits per heavy atom. The molecule has 2 saturated heterocycles. The van der Waals surface area contributed by atoms with Crippen molar-refractivity contribution in [3.8, 4) is 0 Å². The average Bonchev–Trinajstić information content (AvgIpc) is 2.86. The first kappa shape index (κ1) is 12.3. The highest BCUT2D eigenvalue weighted by Crippen LogP contribution is 2.15. The van der Waals surface area contributed by atoms with Gasteiger partial charge in [-0.25, -0.2) is 4.79 Å². The number of hydrogen-bond donors (Lipinski definition) is 2. The molecule has 2 heterocycles. The Morgan fingerprint density at radius 1 is 1.41 bits per heavy atom. The number of nitrogens with zero attached hydrogens (tertiary/aromatic N) is 2. The van der Waals surface area contributed by atoms with Gasteiger partial charge in [-0.15, -0.1) is 0 Å². The number of likely N-dealkylation sites (tertiary alicyclic amines) is 1. The lowest BCUT2D eigenvalue weighted by atomic mass is 10.1. The average molecular weight is 240 g/mol. The number of amides is 3. The normalized spacial score (nSPS) is 25.7. The highest BCUT2D eigenvalue weighted by Gasteiger charge is 2.29. The van der Waals surface area contributed by atoms with Crippen LogP contribution in [-0.2, 0) is 4.79 Å². The first-order chi connectivity index (χ1) is 8.20. The van der Waals surface area contributed by atoms with Gasteiger partial charge in [0.15, 0.2) is 0 Å². The number of hydrogen-bond acceptors (Lipinski definition) is 4. The number of rotatable bonds is 5. The lowest BCUT2D eigenvalue weighted by Crippen LogP contribution is -2.38. The third kappa shape index (κ3) is 2.95. The van der Waals surface area contributed by atoms with E-state index >= 15 is 0 Å². The summed E-state index contributed by atoms with van der Waals surface area (Å²) in [6, 6.07) is -0.249. The molecule has 1 atom stereocenters. The van der Waals surface area contributed by atoms with E-state index in [1.165, 1.54) is 11.3 Å². The van der Waals surface area contributed by atoms with Gasteiger partial charge in [0.05, 0.1) is 6.54 Å². The molecule has 2 aliphatic heterocycles. The molecule has 2 fully saturated rings. The van der Waals surface area contributed by atoms with Gasteiger partial charge in [-0.2, -0.15) is 0 Å². The molecule has 0 aromatic rings. The monoisotopic (exact) mass is 240 g/mol. The molecule has 0 aromatic heterocycles. The highest BCUT2D eigenvalue weighted by atomic mass is 16.2. The molecule has 2 rings (SSSR count). The second kappa shape index (κ2) is 5.46. The summed E-state index contributed by atoms with van der Waals surface area (Å²) in [6.45, 7) is 4.62. The quantitative estimate of drug-likeness (QED) is 0.610. The predicted molar refractivity (Wildman–Crippen MR) is 63.6 cm³/mol. The van der Waals surface area contributed by atoms with Crippen LogP contribution in [0.1, 0.15) is 6.42 Å². The summed E-state index contributed by atoms with van der Waals surface area (Å²) in [7, 11) is 1.97. The van der Waals surface area contributed by atoms with Crippen molar-refractivity contribution in [3.63, 3.8) is 0 Å². The lowest BCUT2D eigenvalue weighted by molar-refractivity contribution is -0.125. The van der Waals surface area contributed by atoms with Gasteiger partial charge in [0, 0.05) is 19.6 Å². The summed E-state index contributed by atoms with van der Waals surface area (Å²) in [5, 5.41) is 5.72. The number of carbonyl (C=O) groups excluding carboxylic acids is 2. The molecule has 0 spiro atoms. The van der Waals surface area contributed by atoms with E-state index in [4.69, 9.17) is 0 Å². The molecule has 0 aromatic carbocycles. The van der Waals surface area contributed by atoms with Crippen LogP contribution in [-0.4, -0.2) is 68.1 Å². The van der Waals surface area contributed by atoms with Gasteiger partial charge in [0.25, 0.3) is 0 Å². The smallest absolute Gasteiger partial charge is 0.324 e. The summed E-state index contributed by atoms with van der Waals surface area (Å²) in [5.41, 5.74) is 0. The molecule has 0 radical (unpaired) electrons. The lowest BCUT2D eigenvalue weighted by Gasteiger charge is -2.19. The molecule has 2 aliphatic rings. The molecular formula is C11H20N4O2. The molecular weight excluding hydrogens is 220 g/mol. The zero-order chi connectivity index (χ0) is 12.3. The van der Waals surface area contributed by atoms with E-state index < -0.39 is 0 Å². The minimum Gasteiger partial charge on any atom is -0.329 e. The molecule has 6 nitrogen and oxygen atoms in total. The van der Waals surface area contributed by atoms with E-state index in [0.717, 1.165) is 26.2 Å². The van der Waals surface area contributed by atoms with Crippen molar-refractivity contribution in [2.45, 2.75) is 6.42 Å². The van der Waals surface area contributed by atoms with Gasteiger partial charge in [0.1, 0.15) is 0 Å². The fourth-order valence-electron chi connectivity index (χ4n) is 2.49. The minimum atomic E-state index is -0.249. The van der Waals surface area contributed by atoms with Gasteiger partial charge in [0.2, 0.25) is 5.91 Å². The van der Waals surface area contributed by atoms with Crippen LogP contribution in [0.2, 0.25) is 0 Å². The van der Waals surface area contributed by atoms with E-state index in [9.17, 15) is 9.59 Å². The Balaban J connectivity index is 1.72. The molecule has 0 bridgehead atoms. The van der Waals surface area contributed by atoms with Crippen LogP contribution < -0.4 is 10.6 Å². The Hall–Kier alpha value is -1.14. The van der Waals surface area contributed by atoms with Gasteiger partial charge < -0.3 is 15.5 Å². The standard InChI is InChI=1S/C11H20N4O2/c1-12-6-9-2-3-14(8-9)4-5-15-10(16)7-13-11(15)17/h9,12H,2-8H2,1H3,(H,13,17). The molecule has 3 amide bonds. The van der Waals surface area contributed by atoms with Crippen molar-refractivity contribution in [3.05, 3.63) is 0 Å². The fourth-order valence-corrected chi connectivity index (χ4v) is 2.49. The summed E-state index contributed by atoms with van der Waals surface area (Å²) in [5.74, 6) is 0.587. The summed E-state index contributed by atoms with van der Waals surface area (Å²) < 4.78 is 0. The zero-order valence-corrected chi connectivity index (χ0v) is 10.2. The number of carbonyl (C=O) groups is 2. The summed E-state index contributed by atoms with van der Waals surface area (Å²) in [6.07, 6.45) is 1.20. The first-order valence-corrected chi connectivity index (χ1v) is 6.16. The topological polar surface area (TPSA) is 64.7 Å². The third-order valence-corrected chi connectivity index (χ3v) is 3.44. The molecule has 0 aliphatic carbocycles. The largest absolute Gasteiger partial charge is 0.329 e. The zero-order valence-electron chi connectivity index (χ0n) is 10.2. The van der Waals surface area contributed by atoms with E-state index in [1.807, 2.05) is 7.05 Å². The second-order valence-corrected chi connectivity index (χ2v) is 4.72. The van der Waals surface area contributed by atoms with Crippen LogP contribution >= 0.6 is 0 Å². The molecule has 1 unspecified atom stereocenters. The summed E-state index contributed by atoms with van der Waals surface area (Å²) >= 11 is 0. The molecule has 6 heteroatoms. The van der Waals surface area contributed by atoms with Crippen LogP contribution in [0.25, 0.3) is 0 Å². The second-order valence-electron chi connectivity index (χ2n) is 4.72. The van der Waals surface area contributed by atoms with Crippen LogP contribution in [0.5, 0.6) is 0 Å². The van der Waals surface area contributed by atoms with Crippen LogP contribution in [0.3, 0.4) is 0 Å². The Kier molecular flexibility index (Phi) is 3.96. The van der Waals surface area contributed by atoms with Crippen molar-refractivity contribution in [2.24, 2.45) is 5.92 Å². The number of imide groups is 1. The van der Waals surface area contributed by atoms with Crippen molar-refractivity contribution in [2.75, 3.05) is 46.3 Å². The molecule has 17 heavy (non-hydrogen) atoms. The van der Waals surface area contributed by atoms with E-state index in [-0.39, 0.29) is 18.5 Å². The predicted octanol–water partition coefficient (Wildman–Crippen LogP) is -0.920. The maximum atomic E-state index is 11.4. The highest BCUT2D eigenvalue weighted by molar-refractivity contribution is 6.01. The van der Waals surface area contributed by atoms with Crippen molar-refractivity contribution in [1.29, 1.82) is 0 Å². The number of urea groups is 1. The van der Waals surface area contributed by atoms with Crippen molar-refractivity contribution >= 4 is 11.9 Å². The molecule has 0 saturated carbocycles. The minimum absolute atomic E-state index is 0.110. The van der Waals surface area contributed by atoms with Gasteiger partial charge >= 0.3 is 6.03 Å². The van der Waals surface area contributed by atoms with Crippen molar-refractivity contribution < 1.29 is 9.59 Å². The Labute approximate surface area is 101 Å². The maximum Gasteiger partial charge on any atom is 0.324 e. The molecule has 2 N–H and O–H groups in total. The SMILES string of the molecule is CNCC1CCN(CCN2C(=O)CNC2=O)C1. The molecule has 96 valence electrons. The third-order valence-electron chi connectivity index (χ3n) is 3.44. The van der Waals surface area contributed by atoms with E-state index in [0.29, 0.717) is 12.5 Å². The van der Waals surface area contributed by atoms with Crippen LogP contribution in [0.15, 0.2) is 0 Å². The van der Waals surface area contributed by atoms with Crippen molar-refractivity contribution in [1.82, 2.24) is 20.4 Å². The summed E-state index contributed by atoms with van der Waals surface area (Å²) in [4.78, 5) is 26.3. The number of nitrogens with one attached hydrogen (secondary N) is 2. The van der Waals surface area contributed by atoms with Crippen LogP contribution in [0.4, 0.5) is 4.79 Å². The van der Waals surface area contributed by atoms with E-state index in [2.05, 4.69) is 15.5 Å². The Bertz CT molecular complexity index is 292. The van der Waals surface area contributed by atoms with Gasteiger partial charge in [-0.05, 0) is 32.5 Å².